The number of amides is 1. The highest BCUT2D eigenvalue weighted by Crippen LogP contribution is 2.31. The summed E-state index contributed by atoms with van der Waals surface area (Å²) in [5, 5.41) is 6.80. The first-order valence-electron chi connectivity index (χ1n) is 9.29. The molecular weight excluding hydrogens is 372 g/mol. The normalized spacial score (nSPS) is 10.5. The molecule has 0 aliphatic rings. The van der Waals surface area contributed by atoms with Gasteiger partial charge in [0.15, 0.2) is 11.5 Å². The number of hydrogen-bond donors (Lipinski definition) is 1. The van der Waals surface area contributed by atoms with Crippen molar-refractivity contribution in [1.82, 2.24) is 5.16 Å². The lowest BCUT2D eigenvalue weighted by atomic mass is 10.1. The van der Waals surface area contributed by atoms with Crippen molar-refractivity contribution in [1.29, 1.82) is 0 Å². The molecule has 1 amide bonds. The molecule has 7 heteroatoms. The van der Waals surface area contributed by atoms with Crippen LogP contribution in [0.4, 0.5) is 5.69 Å². The van der Waals surface area contributed by atoms with Crippen LogP contribution in [0.1, 0.15) is 34.3 Å². The second-order valence-electron chi connectivity index (χ2n) is 6.34. The molecule has 1 aromatic heterocycles. The largest absolute Gasteiger partial charge is 0.493 e. The summed E-state index contributed by atoms with van der Waals surface area (Å²) in [6, 6.07) is 12.3. The number of methoxy groups -OCH3 is 1. The van der Waals surface area contributed by atoms with E-state index in [-0.39, 0.29) is 12.5 Å². The molecule has 3 rings (SSSR count). The third-order valence-corrected chi connectivity index (χ3v) is 4.41. The number of para-hydroxylation sites is 1. The number of benzene rings is 2. The molecule has 1 heterocycles. The number of carbonyl (C=O) groups excluding carboxylic acids is 1. The summed E-state index contributed by atoms with van der Waals surface area (Å²) in [4.78, 5) is 12.8. The van der Waals surface area contributed by atoms with Crippen LogP contribution in [-0.2, 0) is 6.61 Å². The maximum Gasteiger partial charge on any atom is 0.259 e. The Labute approximate surface area is 169 Å². The molecule has 29 heavy (non-hydrogen) atoms. The van der Waals surface area contributed by atoms with Crippen LogP contribution < -0.4 is 19.5 Å². The van der Waals surface area contributed by atoms with Gasteiger partial charge in [-0.2, -0.15) is 0 Å². The lowest BCUT2D eigenvalue weighted by Gasteiger charge is -2.13. The minimum Gasteiger partial charge on any atom is -0.493 e. The van der Waals surface area contributed by atoms with Crippen LogP contribution in [0.3, 0.4) is 0 Å². The van der Waals surface area contributed by atoms with Gasteiger partial charge >= 0.3 is 0 Å². The monoisotopic (exact) mass is 396 g/mol. The zero-order valence-electron chi connectivity index (χ0n) is 16.9. The van der Waals surface area contributed by atoms with Gasteiger partial charge in [-0.15, -0.1) is 0 Å². The van der Waals surface area contributed by atoms with Gasteiger partial charge < -0.3 is 24.1 Å². The lowest BCUT2D eigenvalue weighted by molar-refractivity contribution is 0.102. The number of anilines is 1. The molecule has 0 aliphatic carbocycles. The second kappa shape index (κ2) is 9.14. The zero-order chi connectivity index (χ0) is 20.8. The van der Waals surface area contributed by atoms with Crippen LogP contribution in [-0.4, -0.2) is 24.8 Å². The van der Waals surface area contributed by atoms with Gasteiger partial charge in [-0.05, 0) is 45.0 Å². The van der Waals surface area contributed by atoms with Gasteiger partial charge in [0, 0.05) is 11.8 Å². The predicted octanol–water partition coefficient (Wildman–Crippen LogP) is 4.53. The quantitative estimate of drug-likeness (QED) is 0.602. The Balaban J connectivity index is 1.76. The highest BCUT2D eigenvalue weighted by atomic mass is 16.5. The summed E-state index contributed by atoms with van der Waals surface area (Å²) in [7, 11) is 1.56. The maximum atomic E-state index is 12.8. The van der Waals surface area contributed by atoms with Crippen LogP contribution >= 0.6 is 0 Å². The Morgan fingerprint density at radius 1 is 1.07 bits per heavy atom. The van der Waals surface area contributed by atoms with Gasteiger partial charge in [0.05, 0.1) is 30.5 Å². The summed E-state index contributed by atoms with van der Waals surface area (Å²) in [6.07, 6.45) is 0. The number of nitrogens with one attached hydrogen (secondary N) is 1. The minimum atomic E-state index is -0.287. The van der Waals surface area contributed by atoms with Crippen molar-refractivity contribution < 1.29 is 23.5 Å². The van der Waals surface area contributed by atoms with Crippen molar-refractivity contribution in [3.05, 3.63) is 65.0 Å². The average molecular weight is 396 g/mol. The first-order valence-corrected chi connectivity index (χ1v) is 9.29. The lowest BCUT2D eigenvalue weighted by Crippen LogP contribution is -2.14. The number of aromatic nitrogens is 1. The molecule has 7 nitrogen and oxygen atoms in total. The first kappa shape index (κ1) is 20.3. The third kappa shape index (κ3) is 4.68. The molecular formula is C22H24N2O5. The number of hydrogen-bond acceptors (Lipinski definition) is 6. The molecule has 1 N–H and O–H groups in total. The van der Waals surface area contributed by atoms with E-state index in [0.29, 0.717) is 40.9 Å². The highest BCUT2D eigenvalue weighted by Gasteiger charge is 2.16. The maximum absolute atomic E-state index is 12.8. The van der Waals surface area contributed by atoms with E-state index in [1.165, 1.54) is 0 Å². The Morgan fingerprint density at radius 2 is 1.86 bits per heavy atom. The van der Waals surface area contributed by atoms with E-state index in [2.05, 4.69) is 10.5 Å². The Bertz CT molecular complexity index is 977. The fourth-order valence-electron chi connectivity index (χ4n) is 2.86. The van der Waals surface area contributed by atoms with Crippen molar-refractivity contribution in [3.63, 3.8) is 0 Å². The fraction of sp³-hybridized carbons (Fsp3) is 0.273. The van der Waals surface area contributed by atoms with Gasteiger partial charge in [0.1, 0.15) is 18.1 Å². The van der Waals surface area contributed by atoms with Gasteiger partial charge in [-0.25, -0.2) is 0 Å². The number of rotatable bonds is 8. The second-order valence-corrected chi connectivity index (χ2v) is 6.34. The molecule has 0 unspecified atom stereocenters. The van der Waals surface area contributed by atoms with Gasteiger partial charge in [0.25, 0.3) is 5.91 Å². The third-order valence-electron chi connectivity index (χ3n) is 4.41. The SMILES string of the molecule is CCOc1ccc(NC(=O)c2ccccc2OCc2c(C)noc2C)cc1OC. The Hall–Kier alpha value is -3.48. The Morgan fingerprint density at radius 3 is 2.55 bits per heavy atom. The summed E-state index contributed by atoms with van der Waals surface area (Å²) in [6.45, 7) is 6.37. The van der Waals surface area contributed by atoms with E-state index in [0.717, 1.165) is 11.3 Å². The number of nitrogens with zero attached hydrogens (tertiary/aromatic N) is 1. The smallest absolute Gasteiger partial charge is 0.259 e. The van der Waals surface area contributed by atoms with Crippen LogP contribution in [0.2, 0.25) is 0 Å². The molecule has 0 atom stereocenters. The highest BCUT2D eigenvalue weighted by molar-refractivity contribution is 6.06. The molecule has 0 aliphatic heterocycles. The minimum absolute atomic E-state index is 0.266. The van der Waals surface area contributed by atoms with Crippen molar-refractivity contribution in [2.75, 3.05) is 19.0 Å². The standard InChI is InChI=1S/C22H24N2O5/c1-5-27-20-11-10-16(12-21(20)26-4)23-22(25)17-8-6-7-9-19(17)28-13-18-14(2)24-29-15(18)3/h6-12H,5,13H2,1-4H3,(H,23,25). The van der Waals surface area contributed by atoms with Gasteiger partial charge in [-0.1, -0.05) is 17.3 Å². The van der Waals surface area contributed by atoms with Crippen molar-refractivity contribution in [2.45, 2.75) is 27.4 Å². The fourth-order valence-corrected chi connectivity index (χ4v) is 2.86. The van der Waals surface area contributed by atoms with Gasteiger partial charge in [-0.3, -0.25) is 4.79 Å². The predicted molar refractivity (Wildman–Crippen MR) is 109 cm³/mol. The molecule has 3 aromatic rings. The number of ether oxygens (including phenoxy) is 3. The molecule has 0 saturated heterocycles. The molecule has 0 spiro atoms. The molecule has 152 valence electrons. The number of carbonyl (C=O) groups is 1. The van der Waals surface area contributed by atoms with E-state index in [1.54, 1.807) is 43.5 Å². The van der Waals surface area contributed by atoms with Crippen molar-refractivity contribution in [2.24, 2.45) is 0 Å². The van der Waals surface area contributed by atoms with Crippen LogP contribution in [0, 0.1) is 13.8 Å². The molecule has 2 aromatic carbocycles. The van der Waals surface area contributed by atoms with Crippen LogP contribution in [0.25, 0.3) is 0 Å². The van der Waals surface area contributed by atoms with Crippen LogP contribution in [0.5, 0.6) is 17.2 Å². The molecule has 0 fully saturated rings. The van der Waals surface area contributed by atoms with E-state index in [9.17, 15) is 4.79 Å². The zero-order valence-corrected chi connectivity index (χ0v) is 16.9. The number of aryl methyl sites for hydroxylation is 2. The van der Waals surface area contributed by atoms with Crippen molar-refractivity contribution in [3.8, 4) is 17.2 Å². The van der Waals surface area contributed by atoms with E-state index < -0.39 is 0 Å². The van der Waals surface area contributed by atoms with E-state index >= 15 is 0 Å². The molecule has 0 radical (unpaired) electrons. The van der Waals surface area contributed by atoms with Crippen LogP contribution in [0.15, 0.2) is 47.0 Å². The summed E-state index contributed by atoms with van der Waals surface area (Å²) in [5.74, 6) is 2.06. The van der Waals surface area contributed by atoms with E-state index in [1.807, 2.05) is 26.8 Å². The van der Waals surface area contributed by atoms with Crippen molar-refractivity contribution >= 4 is 11.6 Å². The topological polar surface area (TPSA) is 82.8 Å². The molecule has 0 saturated carbocycles. The Kier molecular flexibility index (Phi) is 6.39. The summed E-state index contributed by atoms with van der Waals surface area (Å²) in [5.41, 5.74) is 2.66. The van der Waals surface area contributed by atoms with Gasteiger partial charge in [0.2, 0.25) is 0 Å². The molecule has 0 bridgehead atoms. The average Bonchev–Trinajstić information content (AvgIpc) is 3.05. The first-order chi connectivity index (χ1) is 14.0. The summed E-state index contributed by atoms with van der Waals surface area (Å²) < 4.78 is 21.9. The summed E-state index contributed by atoms with van der Waals surface area (Å²) >= 11 is 0. The van der Waals surface area contributed by atoms with E-state index in [4.69, 9.17) is 18.7 Å².